The first-order valence-electron chi connectivity index (χ1n) is 5.94. The summed E-state index contributed by atoms with van der Waals surface area (Å²) in [5.41, 5.74) is 2.77. The van der Waals surface area contributed by atoms with Crippen LogP contribution < -0.4 is 10.2 Å². The maximum Gasteiger partial charge on any atom is 0.230 e. The van der Waals surface area contributed by atoms with E-state index in [-0.39, 0.29) is 17.7 Å². The number of rotatable bonds is 2. The van der Waals surface area contributed by atoms with E-state index in [1.165, 1.54) is 20.8 Å². The topological polar surface area (TPSA) is 66.5 Å². The Morgan fingerprint density at radius 2 is 1.47 bits per heavy atom. The molecule has 1 rings (SSSR count). The fourth-order valence-corrected chi connectivity index (χ4v) is 1.93. The first kappa shape index (κ1) is 14.9. The van der Waals surface area contributed by atoms with Gasteiger partial charge in [0.25, 0.3) is 0 Å². The molecule has 0 radical (unpaired) electrons. The van der Waals surface area contributed by atoms with Crippen LogP contribution in [0, 0.1) is 13.8 Å². The average molecular weight is 262 g/mol. The lowest BCUT2D eigenvalue weighted by molar-refractivity contribution is -0.124. The second-order valence-electron chi connectivity index (χ2n) is 4.51. The van der Waals surface area contributed by atoms with Gasteiger partial charge in [-0.2, -0.15) is 0 Å². The molecule has 0 bridgehead atoms. The van der Waals surface area contributed by atoms with E-state index in [1.54, 1.807) is 19.1 Å². The van der Waals surface area contributed by atoms with Gasteiger partial charge in [-0.3, -0.25) is 19.3 Å². The van der Waals surface area contributed by atoms with Crippen LogP contribution in [-0.2, 0) is 14.4 Å². The first-order chi connectivity index (χ1) is 8.73. The largest absolute Gasteiger partial charge is 0.326 e. The first-order valence-corrected chi connectivity index (χ1v) is 5.94. The molecule has 0 heterocycles. The van der Waals surface area contributed by atoms with E-state index in [0.717, 1.165) is 16.0 Å². The zero-order valence-corrected chi connectivity index (χ0v) is 11.8. The third kappa shape index (κ3) is 3.40. The van der Waals surface area contributed by atoms with Crippen LogP contribution in [0.3, 0.4) is 0 Å². The fraction of sp³-hybridized carbons (Fsp3) is 0.357. The summed E-state index contributed by atoms with van der Waals surface area (Å²) in [5, 5.41) is 2.71. The molecule has 0 aliphatic rings. The van der Waals surface area contributed by atoms with Crippen molar-refractivity contribution in [2.45, 2.75) is 34.6 Å². The van der Waals surface area contributed by atoms with Gasteiger partial charge in [-0.15, -0.1) is 0 Å². The van der Waals surface area contributed by atoms with Crippen LogP contribution in [0.25, 0.3) is 0 Å². The minimum atomic E-state index is -0.331. The van der Waals surface area contributed by atoms with Gasteiger partial charge in [-0.1, -0.05) is 0 Å². The Bertz CT molecular complexity index is 536. The van der Waals surface area contributed by atoms with Crippen molar-refractivity contribution in [3.05, 3.63) is 23.3 Å². The number of hydrogen-bond donors (Lipinski definition) is 1. The number of carbonyl (C=O) groups excluding carboxylic acids is 3. The van der Waals surface area contributed by atoms with E-state index < -0.39 is 0 Å². The van der Waals surface area contributed by atoms with Crippen LogP contribution in [0.5, 0.6) is 0 Å². The molecule has 1 aromatic carbocycles. The second kappa shape index (κ2) is 5.65. The molecule has 102 valence electrons. The Hall–Kier alpha value is -2.17. The summed E-state index contributed by atoms with van der Waals surface area (Å²) in [6, 6.07) is 3.48. The number of nitrogens with one attached hydrogen (secondary N) is 1. The second-order valence-corrected chi connectivity index (χ2v) is 4.51. The van der Waals surface area contributed by atoms with E-state index in [0.29, 0.717) is 11.4 Å². The van der Waals surface area contributed by atoms with Crippen molar-refractivity contribution in [1.29, 1.82) is 0 Å². The number of anilines is 2. The average Bonchev–Trinajstić information content (AvgIpc) is 2.23. The highest BCUT2D eigenvalue weighted by Crippen LogP contribution is 2.27. The molecular formula is C14H18N2O3. The van der Waals surface area contributed by atoms with Gasteiger partial charge in [0, 0.05) is 26.5 Å². The number of nitrogens with zero attached hydrogens (tertiary/aromatic N) is 1. The van der Waals surface area contributed by atoms with E-state index >= 15 is 0 Å². The van der Waals surface area contributed by atoms with Crippen molar-refractivity contribution in [3.8, 4) is 0 Å². The number of benzene rings is 1. The standard InChI is InChI=1S/C14H18N2O3/c1-8-7-14(16(11(4)18)12(5)19)9(2)6-13(8)15-10(3)17/h6-7H,1-5H3,(H,15,17). The third-order valence-electron chi connectivity index (χ3n) is 2.72. The molecule has 5 nitrogen and oxygen atoms in total. The Morgan fingerprint density at radius 3 is 1.89 bits per heavy atom. The third-order valence-corrected chi connectivity index (χ3v) is 2.72. The summed E-state index contributed by atoms with van der Waals surface area (Å²) >= 11 is 0. The van der Waals surface area contributed by atoms with Gasteiger partial charge in [0.05, 0.1) is 5.69 Å². The number of imide groups is 1. The van der Waals surface area contributed by atoms with Gasteiger partial charge < -0.3 is 5.32 Å². The van der Waals surface area contributed by atoms with Crippen LogP contribution in [0.1, 0.15) is 31.9 Å². The highest BCUT2D eigenvalue weighted by Gasteiger charge is 2.19. The monoisotopic (exact) mass is 262 g/mol. The van der Waals surface area contributed by atoms with Crippen molar-refractivity contribution in [2.24, 2.45) is 0 Å². The van der Waals surface area contributed by atoms with Crippen LogP contribution in [-0.4, -0.2) is 17.7 Å². The van der Waals surface area contributed by atoms with Crippen LogP contribution >= 0.6 is 0 Å². The van der Waals surface area contributed by atoms with E-state index in [1.807, 2.05) is 6.92 Å². The lowest BCUT2D eigenvalue weighted by Gasteiger charge is -2.21. The highest BCUT2D eigenvalue weighted by molar-refractivity contribution is 6.13. The molecule has 1 N–H and O–H groups in total. The molecule has 0 aromatic heterocycles. The number of carbonyl (C=O) groups is 3. The minimum absolute atomic E-state index is 0.162. The molecule has 0 saturated carbocycles. The number of aryl methyl sites for hydroxylation is 2. The molecule has 0 fully saturated rings. The Balaban J connectivity index is 3.31. The van der Waals surface area contributed by atoms with Crippen LogP contribution in [0.2, 0.25) is 0 Å². The SMILES string of the molecule is CC(=O)Nc1cc(C)c(N(C(C)=O)C(C)=O)cc1C. The fourth-order valence-electron chi connectivity index (χ4n) is 1.93. The summed E-state index contributed by atoms with van der Waals surface area (Å²) in [4.78, 5) is 35.3. The Labute approximate surface area is 112 Å². The highest BCUT2D eigenvalue weighted by atomic mass is 16.2. The van der Waals surface area contributed by atoms with E-state index in [4.69, 9.17) is 0 Å². The summed E-state index contributed by atoms with van der Waals surface area (Å²) in [5.74, 6) is -0.824. The smallest absolute Gasteiger partial charge is 0.230 e. The van der Waals surface area contributed by atoms with Crippen molar-refractivity contribution in [2.75, 3.05) is 10.2 Å². The maximum atomic E-state index is 11.5. The summed E-state index contributed by atoms with van der Waals surface area (Å²) in [6.07, 6.45) is 0. The molecule has 1 aromatic rings. The predicted molar refractivity (Wildman–Crippen MR) is 74.1 cm³/mol. The molecule has 0 aliphatic heterocycles. The minimum Gasteiger partial charge on any atom is -0.326 e. The quantitative estimate of drug-likeness (QED) is 0.888. The zero-order chi connectivity index (χ0) is 14.7. The van der Waals surface area contributed by atoms with Crippen molar-refractivity contribution < 1.29 is 14.4 Å². The van der Waals surface area contributed by atoms with Crippen LogP contribution in [0.15, 0.2) is 12.1 Å². The van der Waals surface area contributed by atoms with Crippen molar-refractivity contribution in [3.63, 3.8) is 0 Å². The molecule has 0 atom stereocenters. The lowest BCUT2D eigenvalue weighted by Crippen LogP contribution is -2.33. The molecule has 19 heavy (non-hydrogen) atoms. The van der Waals surface area contributed by atoms with E-state index in [2.05, 4.69) is 5.32 Å². The zero-order valence-electron chi connectivity index (χ0n) is 11.8. The number of hydrogen-bond acceptors (Lipinski definition) is 3. The lowest BCUT2D eigenvalue weighted by atomic mass is 10.1. The molecule has 0 saturated heterocycles. The van der Waals surface area contributed by atoms with Crippen LogP contribution in [0.4, 0.5) is 11.4 Å². The maximum absolute atomic E-state index is 11.5. The Morgan fingerprint density at radius 1 is 0.947 bits per heavy atom. The van der Waals surface area contributed by atoms with Gasteiger partial charge >= 0.3 is 0 Å². The molecule has 0 spiro atoms. The van der Waals surface area contributed by atoms with Crippen molar-refractivity contribution in [1.82, 2.24) is 0 Å². The van der Waals surface area contributed by atoms with Gasteiger partial charge in [-0.25, -0.2) is 0 Å². The summed E-state index contributed by atoms with van der Waals surface area (Å²) in [7, 11) is 0. The van der Waals surface area contributed by atoms with Gasteiger partial charge in [0.1, 0.15) is 0 Å². The van der Waals surface area contributed by atoms with Gasteiger partial charge in [0.2, 0.25) is 17.7 Å². The molecule has 3 amide bonds. The van der Waals surface area contributed by atoms with Gasteiger partial charge in [0.15, 0.2) is 0 Å². The molecule has 0 aliphatic carbocycles. The van der Waals surface area contributed by atoms with E-state index in [9.17, 15) is 14.4 Å². The van der Waals surface area contributed by atoms with Gasteiger partial charge in [-0.05, 0) is 37.1 Å². The number of amides is 3. The Kier molecular flexibility index (Phi) is 4.43. The molecular weight excluding hydrogens is 244 g/mol. The normalized spacial score (nSPS) is 9.95. The molecule has 5 heteroatoms. The molecule has 0 unspecified atom stereocenters. The summed E-state index contributed by atoms with van der Waals surface area (Å²) in [6.45, 7) is 7.72. The van der Waals surface area contributed by atoms with Crippen molar-refractivity contribution >= 4 is 29.1 Å². The summed E-state index contributed by atoms with van der Waals surface area (Å²) < 4.78 is 0. The predicted octanol–water partition coefficient (Wildman–Crippen LogP) is 2.16.